The first-order valence-electron chi connectivity index (χ1n) is 9.58. The van der Waals surface area contributed by atoms with Crippen LogP contribution in [-0.2, 0) is 14.6 Å². The molecule has 0 unspecified atom stereocenters. The molecule has 0 amide bonds. The van der Waals surface area contributed by atoms with Gasteiger partial charge in [-0.1, -0.05) is 28.1 Å². The molecule has 1 aliphatic heterocycles. The summed E-state index contributed by atoms with van der Waals surface area (Å²) in [4.78, 5) is 2.54. The van der Waals surface area contributed by atoms with Crippen molar-refractivity contribution in [2.75, 3.05) is 40.5 Å². The van der Waals surface area contributed by atoms with E-state index in [2.05, 4.69) is 27.9 Å². The number of benzene rings is 2. The van der Waals surface area contributed by atoms with E-state index in [4.69, 9.17) is 9.47 Å². The highest BCUT2D eigenvalue weighted by molar-refractivity contribution is 9.10. The number of hydrogen-bond acceptors (Lipinski definition) is 5. The molecule has 5 nitrogen and oxygen atoms in total. The van der Waals surface area contributed by atoms with Gasteiger partial charge in [0.05, 0.1) is 18.1 Å². The first kappa shape index (κ1) is 22.0. The lowest BCUT2D eigenvalue weighted by Crippen LogP contribution is -2.24. The van der Waals surface area contributed by atoms with Crippen LogP contribution in [0, 0.1) is 0 Å². The Morgan fingerprint density at radius 2 is 1.76 bits per heavy atom. The first-order valence-corrected chi connectivity index (χ1v) is 11.9. The number of methoxy groups -OCH3 is 1. The smallest absolute Gasteiger partial charge is 0.201 e. The van der Waals surface area contributed by atoms with Crippen LogP contribution in [-0.4, -0.2) is 53.8 Å². The molecule has 2 aromatic carbocycles. The van der Waals surface area contributed by atoms with E-state index < -0.39 is 9.84 Å². The summed E-state index contributed by atoms with van der Waals surface area (Å²) in [5, 5.41) is 1.35. The lowest BCUT2D eigenvalue weighted by atomic mass is 10.00. The van der Waals surface area contributed by atoms with Crippen molar-refractivity contribution in [2.24, 2.45) is 0 Å². The van der Waals surface area contributed by atoms with Crippen LogP contribution < -0.4 is 4.74 Å². The number of halogens is 1. The second-order valence-corrected chi connectivity index (χ2v) is 9.77. The number of fused-ring (bicyclic) bond motifs is 1. The summed E-state index contributed by atoms with van der Waals surface area (Å²) in [7, 11) is 0.312. The third-order valence-corrected chi connectivity index (χ3v) is 6.88. The van der Waals surface area contributed by atoms with E-state index in [1.54, 1.807) is 13.2 Å². The highest BCUT2D eigenvalue weighted by atomic mass is 79.9. The zero-order chi connectivity index (χ0) is 20.9. The van der Waals surface area contributed by atoms with Crippen molar-refractivity contribution in [1.82, 2.24) is 4.90 Å². The van der Waals surface area contributed by atoms with Gasteiger partial charge in [-0.25, -0.2) is 8.42 Å². The van der Waals surface area contributed by atoms with E-state index in [0.29, 0.717) is 17.3 Å². The van der Waals surface area contributed by atoms with Gasteiger partial charge in [-0.05, 0) is 62.3 Å². The molecule has 3 rings (SSSR count). The molecule has 2 aromatic rings. The predicted octanol–water partition coefficient (Wildman–Crippen LogP) is 4.36. The van der Waals surface area contributed by atoms with E-state index in [1.165, 1.54) is 5.41 Å². The van der Waals surface area contributed by atoms with E-state index in [1.807, 2.05) is 36.4 Å². The maximum atomic E-state index is 12.6. The van der Waals surface area contributed by atoms with Gasteiger partial charge in [-0.15, -0.1) is 0 Å². The third-order valence-electron chi connectivity index (χ3n) is 4.86. The van der Waals surface area contributed by atoms with Gasteiger partial charge in [0.25, 0.3) is 0 Å². The molecule has 7 heteroatoms. The predicted molar refractivity (Wildman–Crippen MR) is 119 cm³/mol. The van der Waals surface area contributed by atoms with Crippen molar-refractivity contribution in [2.45, 2.75) is 17.7 Å². The van der Waals surface area contributed by atoms with Gasteiger partial charge < -0.3 is 14.4 Å². The minimum absolute atomic E-state index is 0.312. The first-order chi connectivity index (χ1) is 13.9. The molecular formula is C22H26BrNO4S. The zero-order valence-corrected chi connectivity index (χ0v) is 19.1. The van der Waals surface area contributed by atoms with E-state index in [9.17, 15) is 8.42 Å². The fourth-order valence-corrected chi connectivity index (χ4v) is 4.95. The number of nitrogens with zero attached hydrogens (tertiary/aromatic N) is 1. The Morgan fingerprint density at radius 1 is 1.00 bits per heavy atom. The summed E-state index contributed by atoms with van der Waals surface area (Å²) in [6.45, 7) is 3.18. The molecule has 0 bridgehead atoms. The summed E-state index contributed by atoms with van der Waals surface area (Å²) in [6, 6.07) is 13.0. The van der Waals surface area contributed by atoms with Gasteiger partial charge in [0.15, 0.2) is 0 Å². The summed E-state index contributed by atoms with van der Waals surface area (Å²) >= 11 is 3.41. The van der Waals surface area contributed by atoms with Crippen LogP contribution in [0.25, 0.3) is 5.57 Å². The normalized spacial score (nSPS) is 14.7. The van der Waals surface area contributed by atoms with Gasteiger partial charge in [0.2, 0.25) is 9.84 Å². The van der Waals surface area contributed by atoms with Crippen LogP contribution in [0.2, 0.25) is 0 Å². The molecule has 0 atom stereocenters. The molecular weight excluding hydrogens is 454 g/mol. The maximum Gasteiger partial charge on any atom is 0.201 e. The van der Waals surface area contributed by atoms with Crippen LogP contribution in [0.15, 0.2) is 57.2 Å². The lowest BCUT2D eigenvalue weighted by Gasteiger charge is -2.15. The zero-order valence-electron chi connectivity index (χ0n) is 16.7. The number of ether oxygens (including phenoxy) is 2. The topological polar surface area (TPSA) is 55.8 Å². The number of sulfone groups is 1. The molecule has 0 N–H and O–H groups in total. The summed E-state index contributed by atoms with van der Waals surface area (Å²) in [5.74, 6) is 0.588. The average molecular weight is 480 g/mol. The largest absolute Gasteiger partial charge is 0.494 e. The second-order valence-electron chi connectivity index (χ2n) is 7.09. The minimum Gasteiger partial charge on any atom is -0.494 e. The Kier molecular flexibility index (Phi) is 7.51. The van der Waals surface area contributed by atoms with Crippen molar-refractivity contribution in [3.63, 3.8) is 0 Å². The van der Waals surface area contributed by atoms with Crippen molar-refractivity contribution in [3.8, 4) is 5.75 Å². The molecule has 0 aromatic heterocycles. The molecule has 1 aliphatic rings. The molecule has 29 heavy (non-hydrogen) atoms. The highest BCUT2D eigenvalue weighted by Crippen LogP contribution is 2.39. The number of unbranched alkanes of at least 4 members (excludes halogenated alkanes) is 1. The Hall–Kier alpha value is -1.67. The Morgan fingerprint density at radius 3 is 2.48 bits per heavy atom. The third kappa shape index (κ3) is 5.69. The van der Waals surface area contributed by atoms with E-state index >= 15 is 0 Å². The number of likely N-dealkylation sites (N-methyl/N-ethyl adjacent to an activating group) is 1. The van der Waals surface area contributed by atoms with Crippen LogP contribution in [0.5, 0.6) is 5.75 Å². The molecule has 156 valence electrons. The van der Waals surface area contributed by atoms with Crippen LogP contribution in [0.3, 0.4) is 0 Å². The lowest BCUT2D eigenvalue weighted by molar-refractivity contribution is 0.159. The summed E-state index contributed by atoms with van der Waals surface area (Å²) in [5.41, 5.74) is 2.32. The quantitative estimate of drug-likeness (QED) is 0.473. The number of hydrogen-bond donors (Lipinski definition) is 0. The molecule has 0 fully saturated rings. The highest BCUT2D eigenvalue weighted by Gasteiger charge is 2.28. The van der Waals surface area contributed by atoms with E-state index in [-0.39, 0.29) is 0 Å². The molecule has 0 radical (unpaired) electrons. The summed E-state index contributed by atoms with van der Waals surface area (Å²) in [6.07, 6.45) is 1.92. The molecule has 0 saturated heterocycles. The van der Waals surface area contributed by atoms with Crippen LogP contribution >= 0.6 is 15.9 Å². The molecule has 0 spiro atoms. The molecule has 0 saturated carbocycles. The van der Waals surface area contributed by atoms with Crippen LogP contribution in [0.1, 0.15) is 24.0 Å². The van der Waals surface area contributed by atoms with Crippen molar-refractivity contribution >= 4 is 31.3 Å². The average Bonchev–Trinajstić information content (AvgIpc) is 2.97. The molecule has 0 aliphatic carbocycles. The fourth-order valence-electron chi connectivity index (χ4n) is 3.22. The maximum absolute atomic E-state index is 12.6. The Bertz CT molecular complexity index is 971. The van der Waals surface area contributed by atoms with Crippen molar-refractivity contribution < 1.29 is 17.9 Å². The standard InChI is InChI=1S/C22H26BrNO4S/c1-24(12-14-27-2)11-3-4-13-28-19-9-10-20-21(16-29(25,26)22(20)15-19)17-5-7-18(23)8-6-17/h5-10,15-16H,3-4,11-14H2,1-2H3. The van der Waals surface area contributed by atoms with Gasteiger partial charge in [-0.2, -0.15) is 0 Å². The SMILES string of the molecule is COCCN(C)CCCCOc1ccc2c(c1)S(=O)(=O)C=C2c1ccc(Br)cc1. The van der Waals surface area contributed by atoms with Crippen molar-refractivity contribution in [1.29, 1.82) is 0 Å². The van der Waals surface area contributed by atoms with E-state index in [0.717, 1.165) is 53.7 Å². The minimum atomic E-state index is -3.46. The van der Waals surface area contributed by atoms with Gasteiger partial charge in [-0.3, -0.25) is 0 Å². The van der Waals surface area contributed by atoms with Crippen molar-refractivity contribution in [3.05, 3.63) is 63.5 Å². The summed E-state index contributed by atoms with van der Waals surface area (Å²) < 4.78 is 37.1. The van der Waals surface area contributed by atoms with Gasteiger partial charge in [0.1, 0.15) is 5.75 Å². The monoisotopic (exact) mass is 479 g/mol. The number of rotatable bonds is 10. The fraction of sp³-hybridized carbons (Fsp3) is 0.364. The molecule has 1 heterocycles. The Labute approximate surface area is 181 Å². The van der Waals surface area contributed by atoms with Gasteiger partial charge in [0, 0.05) is 34.7 Å². The van der Waals surface area contributed by atoms with Gasteiger partial charge >= 0.3 is 0 Å². The second kappa shape index (κ2) is 9.89. The Balaban J connectivity index is 1.61. The van der Waals surface area contributed by atoms with Crippen LogP contribution in [0.4, 0.5) is 0 Å².